The predicted molar refractivity (Wildman–Crippen MR) is 121 cm³/mol. The molecule has 3 heterocycles. The third-order valence-corrected chi connectivity index (χ3v) is 6.02. The number of pyridine rings is 1. The number of fused-ring (bicyclic) bond motifs is 1. The van der Waals surface area contributed by atoms with Crippen LogP contribution in [0, 0.1) is 11.3 Å². The number of hydrogen-bond donors (Lipinski definition) is 1. The van der Waals surface area contributed by atoms with Gasteiger partial charge >= 0.3 is 0 Å². The van der Waals surface area contributed by atoms with Gasteiger partial charge in [0.05, 0.1) is 12.3 Å². The van der Waals surface area contributed by atoms with Crippen molar-refractivity contribution in [3.05, 3.63) is 76.7 Å². The van der Waals surface area contributed by atoms with E-state index in [0.29, 0.717) is 17.8 Å². The lowest BCUT2D eigenvalue weighted by Gasteiger charge is -2.24. The molecule has 30 heavy (non-hydrogen) atoms. The van der Waals surface area contributed by atoms with E-state index in [4.69, 9.17) is 5.26 Å². The number of nitrogens with one attached hydrogen (secondary N) is 1. The predicted octanol–water partition coefficient (Wildman–Crippen LogP) is 5.90. The summed E-state index contributed by atoms with van der Waals surface area (Å²) < 4.78 is 1.92. The van der Waals surface area contributed by atoms with Gasteiger partial charge in [0.15, 0.2) is 5.82 Å². The van der Waals surface area contributed by atoms with Crippen LogP contribution in [-0.4, -0.2) is 15.3 Å². The molecule has 0 spiro atoms. The number of anilines is 1. The first-order valence-corrected chi connectivity index (χ1v) is 10.7. The minimum Gasteiger partial charge on any atom is -0.305 e. The van der Waals surface area contributed by atoms with Crippen LogP contribution in [0.5, 0.6) is 0 Å². The molecule has 150 valence electrons. The molecule has 0 atom stereocenters. The number of amides is 1. The normalized spacial score (nSPS) is 11.4. The van der Waals surface area contributed by atoms with E-state index in [9.17, 15) is 4.79 Å². The SMILES string of the molecule is CC(C)(CCC#N)c1ccc(C(=O)Nc2cn3cc(-c4ccsc4)ccc3n2)cc1. The number of carbonyl (C=O) groups is 1. The molecule has 4 rings (SSSR count). The quantitative estimate of drug-likeness (QED) is 0.427. The maximum absolute atomic E-state index is 12.7. The lowest BCUT2D eigenvalue weighted by atomic mass is 9.80. The van der Waals surface area contributed by atoms with Crippen LogP contribution in [0.3, 0.4) is 0 Å². The maximum atomic E-state index is 12.7. The van der Waals surface area contributed by atoms with Crippen molar-refractivity contribution < 1.29 is 4.79 Å². The average molecular weight is 415 g/mol. The van der Waals surface area contributed by atoms with Crippen LogP contribution in [0.25, 0.3) is 16.8 Å². The number of thiophene rings is 1. The van der Waals surface area contributed by atoms with E-state index < -0.39 is 0 Å². The number of benzene rings is 1. The van der Waals surface area contributed by atoms with Crippen molar-refractivity contribution in [1.82, 2.24) is 9.38 Å². The second kappa shape index (κ2) is 8.13. The van der Waals surface area contributed by atoms with E-state index >= 15 is 0 Å². The highest BCUT2D eigenvalue weighted by Crippen LogP contribution is 2.28. The fraction of sp³-hybridized carbons (Fsp3) is 0.208. The summed E-state index contributed by atoms with van der Waals surface area (Å²) >= 11 is 1.66. The Hall–Kier alpha value is -3.43. The molecule has 5 nitrogen and oxygen atoms in total. The molecule has 0 fully saturated rings. The zero-order valence-corrected chi connectivity index (χ0v) is 17.7. The maximum Gasteiger partial charge on any atom is 0.256 e. The van der Waals surface area contributed by atoms with E-state index in [1.807, 2.05) is 53.2 Å². The molecular weight excluding hydrogens is 392 g/mol. The van der Waals surface area contributed by atoms with Crippen LogP contribution in [0.2, 0.25) is 0 Å². The Morgan fingerprint density at radius 1 is 1.13 bits per heavy atom. The third kappa shape index (κ3) is 4.12. The van der Waals surface area contributed by atoms with E-state index in [2.05, 4.69) is 47.0 Å². The molecule has 1 amide bonds. The molecule has 0 unspecified atom stereocenters. The van der Waals surface area contributed by atoms with Crippen LogP contribution in [0.1, 0.15) is 42.6 Å². The average Bonchev–Trinajstić information content (AvgIpc) is 3.41. The van der Waals surface area contributed by atoms with Gasteiger partial charge in [-0.05, 0) is 69.6 Å². The summed E-state index contributed by atoms with van der Waals surface area (Å²) in [5, 5.41) is 15.9. The van der Waals surface area contributed by atoms with Gasteiger partial charge in [-0.1, -0.05) is 26.0 Å². The standard InChI is InChI=1S/C24H22N4OS/c1-24(2,11-3-12-25)20-7-4-17(5-8-20)23(29)27-21-15-28-14-18(6-9-22(28)26-21)19-10-13-30-16-19/h4-10,13-16H,3,11H2,1-2H3,(H,27,29). The van der Waals surface area contributed by atoms with Gasteiger partial charge < -0.3 is 9.72 Å². The van der Waals surface area contributed by atoms with Crippen molar-refractivity contribution in [3.63, 3.8) is 0 Å². The van der Waals surface area contributed by atoms with Crippen molar-refractivity contribution in [1.29, 1.82) is 5.26 Å². The largest absolute Gasteiger partial charge is 0.305 e. The topological polar surface area (TPSA) is 70.2 Å². The molecular formula is C24H22N4OS. The molecule has 1 aromatic carbocycles. The monoisotopic (exact) mass is 414 g/mol. The van der Waals surface area contributed by atoms with Crippen molar-refractivity contribution in [2.24, 2.45) is 0 Å². The Labute approximate surface area is 179 Å². The van der Waals surface area contributed by atoms with Gasteiger partial charge in [0.2, 0.25) is 0 Å². The zero-order valence-electron chi connectivity index (χ0n) is 16.9. The summed E-state index contributed by atoms with van der Waals surface area (Å²) in [5.74, 6) is 0.318. The molecule has 0 aliphatic rings. The highest BCUT2D eigenvalue weighted by atomic mass is 32.1. The van der Waals surface area contributed by atoms with Crippen molar-refractivity contribution in [2.45, 2.75) is 32.1 Å². The summed E-state index contributed by atoms with van der Waals surface area (Å²) in [6.07, 6.45) is 5.13. The first kappa shape index (κ1) is 19.9. The molecule has 1 N–H and O–H groups in total. The fourth-order valence-corrected chi connectivity index (χ4v) is 4.09. The zero-order chi connectivity index (χ0) is 21.1. The minimum atomic E-state index is -0.196. The number of carbonyl (C=O) groups excluding carboxylic acids is 1. The second-order valence-electron chi connectivity index (χ2n) is 7.89. The van der Waals surface area contributed by atoms with Crippen molar-refractivity contribution in [3.8, 4) is 17.2 Å². The van der Waals surface area contributed by atoms with Crippen molar-refractivity contribution >= 4 is 28.7 Å². The lowest BCUT2D eigenvalue weighted by molar-refractivity contribution is 0.102. The molecule has 0 aliphatic heterocycles. The van der Waals surface area contributed by atoms with Gasteiger partial charge in [0.1, 0.15) is 5.65 Å². The van der Waals surface area contributed by atoms with E-state index in [1.54, 1.807) is 11.3 Å². The molecule has 0 bridgehead atoms. The van der Waals surface area contributed by atoms with E-state index in [0.717, 1.165) is 23.2 Å². The smallest absolute Gasteiger partial charge is 0.256 e. The van der Waals surface area contributed by atoms with Gasteiger partial charge in [-0.2, -0.15) is 16.6 Å². The number of imidazole rings is 1. The summed E-state index contributed by atoms with van der Waals surface area (Å²) in [6.45, 7) is 4.22. The van der Waals surface area contributed by atoms with E-state index in [1.165, 1.54) is 5.56 Å². The molecule has 0 radical (unpaired) electrons. The number of rotatable bonds is 6. The molecule has 0 saturated heterocycles. The van der Waals surface area contributed by atoms with Gasteiger partial charge in [-0.3, -0.25) is 4.79 Å². The van der Waals surface area contributed by atoms with Crippen LogP contribution in [-0.2, 0) is 5.41 Å². The summed E-state index contributed by atoms with van der Waals surface area (Å²) in [7, 11) is 0. The number of aromatic nitrogens is 2. The van der Waals surface area contributed by atoms with Crippen LogP contribution in [0.15, 0.2) is 65.6 Å². The minimum absolute atomic E-state index is 0.105. The molecule has 3 aromatic heterocycles. The summed E-state index contributed by atoms with van der Waals surface area (Å²) in [4.78, 5) is 17.2. The number of hydrogen-bond acceptors (Lipinski definition) is 4. The second-order valence-corrected chi connectivity index (χ2v) is 8.67. The Morgan fingerprint density at radius 3 is 2.63 bits per heavy atom. The molecule has 4 aromatic rings. The molecule has 6 heteroatoms. The van der Waals surface area contributed by atoms with Crippen LogP contribution in [0.4, 0.5) is 5.82 Å². The fourth-order valence-electron chi connectivity index (χ4n) is 3.43. The molecule has 0 saturated carbocycles. The van der Waals surface area contributed by atoms with Gasteiger partial charge in [0, 0.05) is 18.2 Å². The van der Waals surface area contributed by atoms with E-state index in [-0.39, 0.29) is 11.3 Å². The third-order valence-electron chi connectivity index (χ3n) is 5.34. The van der Waals surface area contributed by atoms with Gasteiger partial charge in [-0.25, -0.2) is 4.98 Å². The summed E-state index contributed by atoms with van der Waals surface area (Å²) in [5.41, 5.74) is 4.63. The lowest BCUT2D eigenvalue weighted by Crippen LogP contribution is -2.17. The first-order chi connectivity index (χ1) is 14.5. The highest BCUT2D eigenvalue weighted by Gasteiger charge is 2.20. The summed E-state index contributed by atoms with van der Waals surface area (Å²) in [6, 6.07) is 15.8. The highest BCUT2D eigenvalue weighted by molar-refractivity contribution is 7.08. The Balaban J connectivity index is 1.49. The van der Waals surface area contributed by atoms with Gasteiger partial charge in [-0.15, -0.1) is 0 Å². The van der Waals surface area contributed by atoms with Crippen LogP contribution >= 0.6 is 11.3 Å². The Morgan fingerprint density at radius 2 is 1.93 bits per heavy atom. The first-order valence-electron chi connectivity index (χ1n) is 9.76. The Kier molecular flexibility index (Phi) is 5.39. The van der Waals surface area contributed by atoms with Crippen LogP contribution < -0.4 is 5.32 Å². The molecule has 0 aliphatic carbocycles. The van der Waals surface area contributed by atoms with Crippen molar-refractivity contribution in [2.75, 3.05) is 5.32 Å². The van der Waals surface area contributed by atoms with Gasteiger partial charge in [0.25, 0.3) is 5.91 Å². The number of nitriles is 1. The Bertz CT molecular complexity index is 1210. The number of nitrogens with zero attached hydrogens (tertiary/aromatic N) is 3.